The highest BCUT2D eigenvalue weighted by Crippen LogP contribution is 2.28. The number of aromatic nitrogens is 2. The number of non-ortho nitro benzene ring substituents is 1. The molecular weight excluding hydrogens is 504 g/mol. The summed E-state index contributed by atoms with van der Waals surface area (Å²) in [5.41, 5.74) is 3.70. The second kappa shape index (κ2) is 11.1. The number of hydrogen-bond donors (Lipinski definition) is 0. The zero-order chi connectivity index (χ0) is 27.5. The molecule has 0 radical (unpaired) electrons. The van der Waals surface area contributed by atoms with Gasteiger partial charge in [-0.2, -0.15) is 5.10 Å². The van der Waals surface area contributed by atoms with Gasteiger partial charge >= 0.3 is 0 Å². The van der Waals surface area contributed by atoms with Crippen LogP contribution in [0.4, 0.5) is 14.5 Å². The zero-order valence-corrected chi connectivity index (χ0v) is 21.4. The monoisotopic (exact) mass is 531 g/mol. The summed E-state index contributed by atoms with van der Waals surface area (Å²) in [4.78, 5) is 27.7. The van der Waals surface area contributed by atoms with Crippen molar-refractivity contribution in [1.29, 1.82) is 0 Å². The summed E-state index contributed by atoms with van der Waals surface area (Å²) in [5, 5.41) is 16.0. The van der Waals surface area contributed by atoms with E-state index >= 15 is 0 Å². The summed E-state index contributed by atoms with van der Waals surface area (Å²) in [7, 11) is 0. The Kier molecular flexibility index (Phi) is 7.47. The lowest BCUT2D eigenvalue weighted by Crippen LogP contribution is -2.33. The molecule has 5 rings (SSSR count). The smallest absolute Gasteiger partial charge is 0.270 e. The molecule has 4 aromatic rings. The van der Waals surface area contributed by atoms with Crippen molar-refractivity contribution >= 4 is 11.6 Å². The van der Waals surface area contributed by atoms with Gasteiger partial charge in [0.2, 0.25) is 0 Å². The minimum atomic E-state index is -0.533. The number of nitrogens with zero attached hydrogens (tertiary/aromatic N) is 5. The van der Waals surface area contributed by atoms with Crippen LogP contribution in [0.5, 0.6) is 0 Å². The van der Waals surface area contributed by atoms with E-state index in [1.807, 2.05) is 6.92 Å². The molecule has 0 unspecified atom stereocenters. The van der Waals surface area contributed by atoms with Gasteiger partial charge in [-0.05, 0) is 37.3 Å². The first-order chi connectivity index (χ1) is 18.8. The minimum Gasteiger partial charge on any atom is -0.333 e. The molecule has 39 heavy (non-hydrogen) atoms. The number of amides is 1. The number of carbonyl (C=O) groups excluding carboxylic acids is 1. The lowest BCUT2D eigenvalue weighted by molar-refractivity contribution is -0.384. The summed E-state index contributed by atoms with van der Waals surface area (Å²) in [6.45, 7) is 3.90. The molecular formula is C29H27F2N5O3. The minimum absolute atomic E-state index is 0.159. The van der Waals surface area contributed by atoms with Gasteiger partial charge in [-0.1, -0.05) is 30.3 Å². The van der Waals surface area contributed by atoms with E-state index in [0.717, 1.165) is 11.3 Å². The van der Waals surface area contributed by atoms with Gasteiger partial charge < -0.3 is 4.90 Å². The molecule has 0 saturated heterocycles. The van der Waals surface area contributed by atoms with Crippen LogP contribution >= 0.6 is 0 Å². The van der Waals surface area contributed by atoms with Crippen LogP contribution in [0.25, 0.3) is 5.69 Å². The standard InChI is InChI=1S/C29H27F2N5O3/c1-2-34(29(37)20-8-5-11-24(15-20)36(38)39)19-27-25-18-33(17-21-7-3-4-12-26(21)31)14-13-28(25)35(32-27)23-10-6-9-22(30)16-23/h3-12,15-16H,2,13-14,17-19H2,1H3. The summed E-state index contributed by atoms with van der Waals surface area (Å²) in [6, 6.07) is 18.5. The number of rotatable bonds is 8. The maximum atomic E-state index is 14.4. The van der Waals surface area contributed by atoms with Crippen molar-refractivity contribution in [3.05, 3.63) is 123 Å². The van der Waals surface area contributed by atoms with Crippen molar-refractivity contribution in [2.45, 2.75) is 33.0 Å². The molecule has 0 bridgehead atoms. The summed E-state index contributed by atoms with van der Waals surface area (Å²) >= 11 is 0. The third kappa shape index (κ3) is 5.56. The van der Waals surface area contributed by atoms with E-state index in [1.165, 1.54) is 36.4 Å². The molecule has 1 aliphatic rings. The zero-order valence-electron chi connectivity index (χ0n) is 21.4. The van der Waals surface area contributed by atoms with E-state index in [4.69, 9.17) is 5.10 Å². The van der Waals surface area contributed by atoms with Crippen molar-refractivity contribution in [2.24, 2.45) is 0 Å². The van der Waals surface area contributed by atoms with Gasteiger partial charge in [0.25, 0.3) is 11.6 Å². The van der Waals surface area contributed by atoms with Crippen LogP contribution in [0.1, 0.15) is 39.8 Å². The molecule has 0 fully saturated rings. The fourth-order valence-electron chi connectivity index (χ4n) is 4.94. The first-order valence-corrected chi connectivity index (χ1v) is 12.7. The molecule has 8 nitrogen and oxygen atoms in total. The molecule has 0 atom stereocenters. The van der Waals surface area contributed by atoms with Gasteiger partial charge in [-0.3, -0.25) is 19.8 Å². The molecule has 1 aliphatic heterocycles. The van der Waals surface area contributed by atoms with Crippen LogP contribution in [0, 0.1) is 21.7 Å². The maximum absolute atomic E-state index is 14.4. The summed E-state index contributed by atoms with van der Waals surface area (Å²) in [5.74, 6) is -1.00. The van der Waals surface area contributed by atoms with Gasteiger partial charge in [0.05, 0.1) is 28.5 Å². The van der Waals surface area contributed by atoms with Crippen LogP contribution in [0.15, 0.2) is 72.8 Å². The fourth-order valence-corrected chi connectivity index (χ4v) is 4.94. The Hall–Kier alpha value is -4.44. The first-order valence-electron chi connectivity index (χ1n) is 12.7. The van der Waals surface area contributed by atoms with Gasteiger partial charge in [0.15, 0.2) is 0 Å². The molecule has 0 aliphatic carbocycles. The van der Waals surface area contributed by atoms with Gasteiger partial charge in [-0.25, -0.2) is 13.5 Å². The van der Waals surface area contributed by atoms with Gasteiger partial charge in [0, 0.05) is 61.4 Å². The lowest BCUT2D eigenvalue weighted by Gasteiger charge is -2.28. The van der Waals surface area contributed by atoms with Crippen molar-refractivity contribution < 1.29 is 18.5 Å². The molecule has 0 N–H and O–H groups in total. The van der Waals surface area contributed by atoms with Crippen molar-refractivity contribution in [3.8, 4) is 5.69 Å². The maximum Gasteiger partial charge on any atom is 0.270 e. The molecule has 3 aromatic carbocycles. The summed E-state index contributed by atoms with van der Waals surface area (Å²) in [6.07, 6.45) is 0.609. The average Bonchev–Trinajstić information content (AvgIpc) is 3.30. The van der Waals surface area contributed by atoms with Crippen LogP contribution in [0.2, 0.25) is 0 Å². The molecule has 1 amide bonds. The largest absolute Gasteiger partial charge is 0.333 e. The van der Waals surface area contributed by atoms with Gasteiger partial charge in [0.1, 0.15) is 11.6 Å². The number of fused-ring (bicyclic) bond motifs is 1. The Labute approximate surface area is 224 Å². The normalized spacial score (nSPS) is 13.2. The second-order valence-electron chi connectivity index (χ2n) is 9.44. The Balaban J connectivity index is 1.48. The summed E-state index contributed by atoms with van der Waals surface area (Å²) < 4.78 is 30.2. The number of nitro groups is 1. The van der Waals surface area contributed by atoms with E-state index in [9.17, 15) is 23.7 Å². The predicted molar refractivity (Wildman–Crippen MR) is 141 cm³/mol. The van der Waals surface area contributed by atoms with E-state index < -0.39 is 4.92 Å². The highest BCUT2D eigenvalue weighted by molar-refractivity contribution is 5.94. The Morgan fingerprint density at radius 1 is 1.08 bits per heavy atom. The van der Waals surface area contributed by atoms with Crippen LogP contribution < -0.4 is 0 Å². The SMILES string of the molecule is CCN(Cc1nn(-c2cccc(F)c2)c2c1CN(Cc1ccccc1F)CC2)C(=O)c1cccc([N+](=O)[O-])c1. The highest BCUT2D eigenvalue weighted by atomic mass is 19.1. The Bertz CT molecular complexity index is 1540. The Morgan fingerprint density at radius 2 is 1.87 bits per heavy atom. The third-order valence-electron chi connectivity index (χ3n) is 6.94. The first kappa shape index (κ1) is 26.2. The molecule has 1 aromatic heterocycles. The highest BCUT2D eigenvalue weighted by Gasteiger charge is 2.28. The van der Waals surface area contributed by atoms with E-state index in [1.54, 1.807) is 46.0 Å². The average molecular weight is 532 g/mol. The molecule has 0 saturated carbocycles. The topological polar surface area (TPSA) is 84.5 Å². The molecule has 2 heterocycles. The number of nitro benzene ring substituents is 1. The van der Waals surface area contributed by atoms with Crippen LogP contribution in [0.3, 0.4) is 0 Å². The quantitative estimate of drug-likeness (QED) is 0.228. The molecule has 200 valence electrons. The van der Waals surface area contributed by atoms with E-state index in [-0.39, 0.29) is 35.3 Å². The van der Waals surface area contributed by atoms with Crippen molar-refractivity contribution in [2.75, 3.05) is 13.1 Å². The van der Waals surface area contributed by atoms with Gasteiger partial charge in [-0.15, -0.1) is 0 Å². The number of carbonyl (C=O) groups is 1. The van der Waals surface area contributed by atoms with Crippen molar-refractivity contribution in [3.63, 3.8) is 0 Å². The lowest BCUT2D eigenvalue weighted by atomic mass is 10.0. The second-order valence-corrected chi connectivity index (χ2v) is 9.44. The molecule has 10 heteroatoms. The molecule has 0 spiro atoms. The van der Waals surface area contributed by atoms with E-state index in [2.05, 4.69) is 4.90 Å². The number of halogens is 2. The van der Waals surface area contributed by atoms with E-state index in [0.29, 0.717) is 49.5 Å². The fraction of sp³-hybridized carbons (Fsp3) is 0.241. The van der Waals surface area contributed by atoms with Crippen molar-refractivity contribution in [1.82, 2.24) is 19.6 Å². The van der Waals surface area contributed by atoms with Crippen LogP contribution in [-0.2, 0) is 26.1 Å². The Morgan fingerprint density at radius 3 is 2.62 bits per heavy atom. The predicted octanol–water partition coefficient (Wildman–Crippen LogP) is 5.28. The number of benzene rings is 3. The van der Waals surface area contributed by atoms with Crippen LogP contribution in [-0.4, -0.2) is 43.5 Å². The third-order valence-corrected chi connectivity index (χ3v) is 6.94. The number of hydrogen-bond acceptors (Lipinski definition) is 5.